The zero-order chi connectivity index (χ0) is 19.7. The van der Waals surface area contributed by atoms with Crippen LogP contribution in [0, 0.1) is 6.92 Å². The summed E-state index contributed by atoms with van der Waals surface area (Å²) in [4.78, 5) is 12.6. The van der Waals surface area contributed by atoms with E-state index in [1.54, 1.807) is 10.9 Å². The SMILES string of the molecule is CC1=NN(c2ccc(C(=O)Nc3cnn(-c4cccc(Cl)c4)c3C)cc2)CC1. The summed E-state index contributed by atoms with van der Waals surface area (Å²) in [5.41, 5.74) is 5.02. The molecule has 142 valence electrons. The Bertz CT molecular complexity index is 1050. The van der Waals surface area contributed by atoms with Crippen molar-refractivity contribution < 1.29 is 4.79 Å². The van der Waals surface area contributed by atoms with Crippen molar-refractivity contribution in [2.75, 3.05) is 16.9 Å². The van der Waals surface area contributed by atoms with Gasteiger partial charge in [0.05, 0.1) is 29.0 Å². The van der Waals surface area contributed by atoms with E-state index in [-0.39, 0.29) is 5.91 Å². The van der Waals surface area contributed by atoms with Crippen molar-refractivity contribution in [1.29, 1.82) is 0 Å². The lowest BCUT2D eigenvalue weighted by Gasteiger charge is -2.14. The first-order chi connectivity index (χ1) is 13.5. The van der Waals surface area contributed by atoms with Gasteiger partial charge in [-0.1, -0.05) is 17.7 Å². The van der Waals surface area contributed by atoms with Crippen molar-refractivity contribution in [3.63, 3.8) is 0 Å². The summed E-state index contributed by atoms with van der Waals surface area (Å²) in [7, 11) is 0. The summed E-state index contributed by atoms with van der Waals surface area (Å²) in [6.45, 7) is 4.80. The molecule has 0 unspecified atom stereocenters. The van der Waals surface area contributed by atoms with Gasteiger partial charge in [-0.05, 0) is 56.3 Å². The fourth-order valence-corrected chi connectivity index (χ4v) is 3.32. The van der Waals surface area contributed by atoms with Crippen molar-refractivity contribution >= 4 is 34.6 Å². The number of nitrogens with one attached hydrogen (secondary N) is 1. The summed E-state index contributed by atoms with van der Waals surface area (Å²) in [6.07, 6.45) is 2.61. The van der Waals surface area contributed by atoms with Crippen LogP contribution in [0.25, 0.3) is 5.69 Å². The Morgan fingerprint density at radius 3 is 2.57 bits per heavy atom. The second-order valence-electron chi connectivity index (χ2n) is 6.74. The number of benzene rings is 2. The highest BCUT2D eigenvalue weighted by Crippen LogP contribution is 2.23. The van der Waals surface area contributed by atoms with Crippen LogP contribution in [0.3, 0.4) is 0 Å². The molecule has 0 fully saturated rings. The molecule has 28 heavy (non-hydrogen) atoms. The highest BCUT2D eigenvalue weighted by atomic mass is 35.5. The molecule has 6 nitrogen and oxygen atoms in total. The average Bonchev–Trinajstić information content (AvgIpc) is 3.28. The molecular weight excluding hydrogens is 374 g/mol. The number of nitrogens with zero attached hydrogens (tertiary/aromatic N) is 4. The molecule has 7 heteroatoms. The molecule has 0 aliphatic carbocycles. The highest BCUT2D eigenvalue weighted by molar-refractivity contribution is 6.30. The van der Waals surface area contributed by atoms with Crippen LogP contribution >= 0.6 is 11.6 Å². The molecule has 0 radical (unpaired) electrons. The van der Waals surface area contributed by atoms with Gasteiger partial charge < -0.3 is 5.32 Å². The standard InChI is InChI=1S/C21H20ClN5O/c1-14-10-11-26(25-14)18-8-6-16(7-9-18)21(28)24-20-13-23-27(15(20)2)19-5-3-4-17(22)12-19/h3-9,12-13H,10-11H2,1-2H3,(H,24,28). The van der Waals surface area contributed by atoms with Crippen LogP contribution in [-0.2, 0) is 0 Å². The quantitative estimate of drug-likeness (QED) is 0.700. The predicted octanol–water partition coefficient (Wildman–Crippen LogP) is 4.67. The largest absolute Gasteiger partial charge is 0.319 e. The van der Waals surface area contributed by atoms with Crippen LogP contribution in [-0.4, -0.2) is 27.9 Å². The van der Waals surface area contributed by atoms with E-state index in [9.17, 15) is 4.79 Å². The van der Waals surface area contributed by atoms with Gasteiger partial charge in [0, 0.05) is 29.3 Å². The number of hydrogen-bond acceptors (Lipinski definition) is 4. The molecule has 1 aliphatic rings. The normalized spacial score (nSPS) is 13.5. The maximum Gasteiger partial charge on any atom is 0.255 e. The number of hydrogen-bond donors (Lipinski definition) is 1. The zero-order valence-corrected chi connectivity index (χ0v) is 16.4. The van der Waals surface area contributed by atoms with Crippen molar-refractivity contribution in [2.24, 2.45) is 5.10 Å². The van der Waals surface area contributed by atoms with Gasteiger partial charge in [-0.2, -0.15) is 10.2 Å². The molecule has 4 rings (SSSR count). The van der Waals surface area contributed by atoms with E-state index in [0.717, 1.165) is 35.7 Å². The van der Waals surface area contributed by atoms with E-state index >= 15 is 0 Å². The van der Waals surface area contributed by atoms with Gasteiger partial charge in [0.25, 0.3) is 5.91 Å². The van der Waals surface area contributed by atoms with Crippen molar-refractivity contribution in [1.82, 2.24) is 9.78 Å². The molecular formula is C21H20ClN5O. The van der Waals surface area contributed by atoms with Gasteiger partial charge in [-0.15, -0.1) is 0 Å². The number of amides is 1. The molecule has 2 heterocycles. The second-order valence-corrected chi connectivity index (χ2v) is 7.18. The Hall–Kier alpha value is -3.12. The lowest BCUT2D eigenvalue weighted by atomic mass is 10.2. The van der Waals surface area contributed by atoms with Gasteiger partial charge in [0.2, 0.25) is 0 Å². The molecule has 1 aromatic heterocycles. The summed E-state index contributed by atoms with van der Waals surface area (Å²) in [5, 5.41) is 14.4. The third-order valence-corrected chi connectivity index (χ3v) is 4.95. The Kier molecular flexibility index (Phi) is 4.88. The molecule has 2 aromatic carbocycles. The Balaban J connectivity index is 1.50. The summed E-state index contributed by atoms with van der Waals surface area (Å²) in [5.74, 6) is -0.179. The van der Waals surface area contributed by atoms with E-state index in [4.69, 9.17) is 11.6 Å². The van der Waals surface area contributed by atoms with Crippen LogP contribution in [0.4, 0.5) is 11.4 Å². The molecule has 3 aromatic rings. The number of carbonyl (C=O) groups is 1. The minimum absolute atomic E-state index is 0.179. The van der Waals surface area contributed by atoms with Crippen LogP contribution in [0.2, 0.25) is 5.02 Å². The summed E-state index contributed by atoms with van der Waals surface area (Å²) in [6, 6.07) is 14.9. The first kappa shape index (κ1) is 18.3. The molecule has 0 spiro atoms. The third-order valence-electron chi connectivity index (χ3n) is 4.72. The van der Waals surface area contributed by atoms with Gasteiger partial charge in [0.15, 0.2) is 0 Å². The van der Waals surface area contributed by atoms with Crippen molar-refractivity contribution in [3.05, 3.63) is 71.0 Å². The average molecular weight is 394 g/mol. The Morgan fingerprint density at radius 2 is 1.89 bits per heavy atom. The number of aromatic nitrogens is 2. The molecule has 1 N–H and O–H groups in total. The smallest absolute Gasteiger partial charge is 0.255 e. The zero-order valence-electron chi connectivity index (χ0n) is 15.7. The second kappa shape index (κ2) is 7.48. The number of anilines is 2. The molecule has 1 amide bonds. The van der Waals surface area contributed by atoms with Crippen LogP contribution in [0.1, 0.15) is 29.4 Å². The van der Waals surface area contributed by atoms with Crippen LogP contribution in [0.15, 0.2) is 59.8 Å². The molecule has 0 atom stereocenters. The maximum atomic E-state index is 12.6. The lowest BCUT2D eigenvalue weighted by Crippen LogP contribution is -2.14. The number of hydrazone groups is 1. The maximum absolute atomic E-state index is 12.6. The van der Waals surface area contributed by atoms with E-state index < -0.39 is 0 Å². The van der Waals surface area contributed by atoms with E-state index in [2.05, 4.69) is 15.5 Å². The van der Waals surface area contributed by atoms with Crippen LogP contribution in [0.5, 0.6) is 0 Å². The molecule has 0 bridgehead atoms. The van der Waals surface area contributed by atoms with Crippen molar-refractivity contribution in [2.45, 2.75) is 20.3 Å². The Labute approximate surface area is 168 Å². The Morgan fingerprint density at radius 1 is 1.11 bits per heavy atom. The number of rotatable bonds is 4. The monoisotopic (exact) mass is 393 g/mol. The minimum atomic E-state index is -0.179. The third kappa shape index (κ3) is 3.64. The lowest BCUT2D eigenvalue weighted by molar-refractivity contribution is 0.102. The van der Waals surface area contributed by atoms with E-state index in [0.29, 0.717) is 16.3 Å². The fraction of sp³-hybridized carbons (Fsp3) is 0.190. The van der Waals surface area contributed by atoms with Crippen LogP contribution < -0.4 is 10.3 Å². The molecule has 0 saturated heterocycles. The van der Waals surface area contributed by atoms with E-state index in [1.165, 1.54) is 0 Å². The molecule has 0 saturated carbocycles. The first-order valence-electron chi connectivity index (χ1n) is 9.05. The number of carbonyl (C=O) groups excluding carboxylic acids is 1. The van der Waals surface area contributed by atoms with E-state index in [1.807, 2.05) is 67.4 Å². The van der Waals surface area contributed by atoms with Gasteiger partial charge in [0.1, 0.15) is 0 Å². The van der Waals surface area contributed by atoms with Gasteiger partial charge in [-0.3, -0.25) is 9.80 Å². The first-order valence-corrected chi connectivity index (χ1v) is 9.42. The minimum Gasteiger partial charge on any atom is -0.319 e. The highest BCUT2D eigenvalue weighted by Gasteiger charge is 2.15. The topological polar surface area (TPSA) is 62.5 Å². The van der Waals surface area contributed by atoms with Gasteiger partial charge >= 0.3 is 0 Å². The summed E-state index contributed by atoms with van der Waals surface area (Å²) >= 11 is 6.06. The number of halogens is 1. The summed E-state index contributed by atoms with van der Waals surface area (Å²) < 4.78 is 1.75. The molecule has 1 aliphatic heterocycles. The van der Waals surface area contributed by atoms with Crippen molar-refractivity contribution in [3.8, 4) is 5.69 Å². The fourth-order valence-electron chi connectivity index (χ4n) is 3.14. The van der Waals surface area contributed by atoms with Gasteiger partial charge in [-0.25, -0.2) is 4.68 Å². The predicted molar refractivity (Wildman–Crippen MR) is 113 cm³/mol.